The number of furan rings is 1. The molecule has 4 aliphatic rings. The molecule has 2 heteroatoms. The molecule has 1 aromatic rings. The van der Waals surface area contributed by atoms with Crippen molar-refractivity contribution in [2.75, 3.05) is 0 Å². The van der Waals surface area contributed by atoms with E-state index in [1.54, 1.807) is 6.26 Å². The first-order valence-electron chi connectivity index (χ1n) is 7.57. The summed E-state index contributed by atoms with van der Waals surface area (Å²) in [6.07, 6.45) is 10.1. The zero-order chi connectivity index (χ0) is 12.1. The molecule has 0 spiro atoms. The van der Waals surface area contributed by atoms with Crippen LogP contribution in [0.25, 0.3) is 0 Å². The van der Waals surface area contributed by atoms with Crippen LogP contribution in [0, 0.1) is 29.6 Å². The minimum Gasteiger partial charge on any atom is -0.469 e. The number of nitrogens with two attached hydrogens (primary N) is 1. The normalized spacial score (nSPS) is 43.3. The molecule has 4 fully saturated rings. The van der Waals surface area contributed by atoms with Gasteiger partial charge in [-0.25, -0.2) is 0 Å². The monoisotopic (exact) mass is 245 g/mol. The molecular formula is C16H23NO. The van der Waals surface area contributed by atoms with Gasteiger partial charge in [-0.2, -0.15) is 0 Å². The Balaban J connectivity index is 1.50. The van der Waals surface area contributed by atoms with Gasteiger partial charge in [-0.15, -0.1) is 0 Å². The average Bonchev–Trinajstić information content (AvgIpc) is 2.80. The summed E-state index contributed by atoms with van der Waals surface area (Å²) in [4.78, 5) is 0. The van der Waals surface area contributed by atoms with Crippen LogP contribution >= 0.6 is 0 Å². The summed E-state index contributed by atoms with van der Waals surface area (Å²) in [5.74, 6) is 5.76. The van der Waals surface area contributed by atoms with Crippen molar-refractivity contribution in [2.45, 2.75) is 44.6 Å². The lowest BCUT2D eigenvalue weighted by Gasteiger charge is -2.56. The minimum atomic E-state index is 0.311. The van der Waals surface area contributed by atoms with Crippen molar-refractivity contribution in [3.05, 3.63) is 24.2 Å². The molecule has 5 rings (SSSR count). The van der Waals surface area contributed by atoms with Gasteiger partial charge in [0, 0.05) is 12.5 Å². The first kappa shape index (κ1) is 11.1. The molecule has 1 heterocycles. The van der Waals surface area contributed by atoms with Crippen LogP contribution in [0.4, 0.5) is 0 Å². The van der Waals surface area contributed by atoms with Crippen LogP contribution in [0.2, 0.25) is 0 Å². The summed E-state index contributed by atoms with van der Waals surface area (Å²) in [7, 11) is 0. The van der Waals surface area contributed by atoms with E-state index in [-0.39, 0.29) is 0 Å². The molecule has 1 atom stereocenters. The predicted molar refractivity (Wildman–Crippen MR) is 70.9 cm³/mol. The Morgan fingerprint density at radius 1 is 1.11 bits per heavy atom. The first-order valence-corrected chi connectivity index (χ1v) is 7.57. The van der Waals surface area contributed by atoms with Crippen LogP contribution in [0.5, 0.6) is 0 Å². The topological polar surface area (TPSA) is 39.2 Å². The SMILES string of the molecule is NC(Cc1ccco1)C1C2CC3CC(C2)CC1C3. The van der Waals surface area contributed by atoms with Crippen LogP contribution in [-0.2, 0) is 6.42 Å². The highest BCUT2D eigenvalue weighted by atomic mass is 16.3. The molecule has 4 saturated carbocycles. The van der Waals surface area contributed by atoms with Crippen LogP contribution in [0.15, 0.2) is 22.8 Å². The van der Waals surface area contributed by atoms with Gasteiger partial charge in [0.05, 0.1) is 6.26 Å². The molecule has 0 amide bonds. The maximum absolute atomic E-state index is 6.53. The van der Waals surface area contributed by atoms with E-state index >= 15 is 0 Å². The van der Waals surface area contributed by atoms with Crippen LogP contribution in [0.1, 0.15) is 37.9 Å². The van der Waals surface area contributed by atoms with Crippen molar-refractivity contribution in [3.8, 4) is 0 Å². The molecule has 2 nitrogen and oxygen atoms in total. The molecule has 0 radical (unpaired) electrons. The summed E-state index contributed by atoms with van der Waals surface area (Å²) in [5, 5.41) is 0. The Kier molecular flexibility index (Phi) is 2.54. The van der Waals surface area contributed by atoms with E-state index in [2.05, 4.69) is 6.07 Å². The highest BCUT2D eigenvalue weighted by molar-refractivity contribution is 5.06. The molecule has 2 N–H and O–H groups in total. The highest BCUT2D eigenvalue weighted by Gasteiger charge is 2.49. The molecule has 1 unspecified atom stereocenters. The van der Waals surface area contributed by atoms with E-state index in [1.165, 1.54) is 32.1 Å². The Labute approximate surface area is 109 Å². The van der Waals surface area contributed by atoms with E-state index in [1.807, 2.05) is 6.07 Å². The van der Waals surface area contributed by atoms with E-state index in [9.17, 15) is 0 Å². The molecule has 4 aliphatic carbocycles. The molecule has 0 aromatic carbocycles. The lowest BCUT2D eigenvalue weighted by atomic mass is 9.50. The van der Waals surface area contributed by atoms with Gasteiger partial charge in [-0.05, 0) is 73.8 Å². The Bertz CT molecular complexity index is 383. The van der Waals surface area contributed by atoms with Crippen LogP contribution in [0.3, 0.4) is 0 Å². The molecule has 1 aromatic heterocycles. The van der Waals surface area contributed by atoms with Gasteiger partial charge in [0.1, 0.15) is 5.76 Å². The number of hydrogen-bond donors (Lipinski definition) is 1. The van der Waals surface area contributed by atoms with E-state index in [0.717, 1.165) is 41.8 Å². The van der Waals surface area contributed by atoms with E-state index in [4.69, 9.17) is 10.2 Å². The third-order valence-corrected chi connectivity index (χ3v) is 5.81. The van der Waals surface area contributed by atoms with E-state index in [0.29, 0.717) is 6.04 Å². The minimum absolute atomic E-state index is 0.311. The Morgan fingerprint density at radius 2 is 1.78 bits per heavy atom. The van der Waals surface area contributed by atoms with Crippen molar-refractivity contribution < 1.29 is 4.42 Å². The van der Waals surface area contributed by atoms with Crippen LogP contribution < -0.4 is 5.73 Å². The smallest absolute Gasteiger partial charge is 0.105 e. The second-order valence-electron chi connectivity index (χ2n) is 6.96. The van der Waals surface area contributed by atoms with Gasteiger partial charge in [0.2, 0.25) is 0 Å². The molecule has 18 heavy (non-hydrogen) atoms. The first-order chi connectivity index (χ1) is 8.79. The predicted octanol–water partition coefficient (Wildman–Crippen LogP) is 3.22. The maximum Gasteiger partial charge on any atom is 0.105 e. The van der Waals surface area contributed by atoms with Crippen molar-refractivity contribution >= 4 is 0 Å². The fourth-order valence-corrected chi connectivity index (χ4v) is 5.46. The number of hydrogen-bond acceptors (Lipinski definition) is 2. The van der Waals surface area contributed by atoms with Gasteiger partial charge in [-0.3, -0.25) is 0 Å². The lowest BCUT2D eigenvalue weighted by molar-refractivity contribution is -0.0469. The molecule has 98 valence electrons. The third-order valence-electron chi connectivity index (χ3n) is 5.81. The zero-order valence-corrected chi connectivity index (χ0v) is 10.9. The average molecular weight is 245 g/mol. The maximum atomic E-state index is 6.53. The van der Waals surface area contributed by atoms with Crippen molar-refractivity contribution in [3.63, 3.8) is 0 Å². The second-order valence-corrected chi connectivity index (χ2v) is 6.96. The second kappa shape index (κ2) is 4.12. The molecular weight excluding hydrogens is 222 g/mol. The Morgan fingerprint density at radius 3 is 2.33 bits per heavy atom. The molecule has 0 saturated heterocycles. The lowest BCUT2D eigenvalue weighted by Crippen LogP contribution is -2.52. The fraction of sp³-hybridized carbons (Fsp3) is 0.750. The summed E-state index contributed by atoms with van der Waals surface area (Å²) in [5.41, 5.74) is 6.53. The molecule has 4 bridgehead atoms. The zero-order valence-electron chi connectivity index (χ0n) is 10.9. The van der Waals surface area contributed by atoms with Crippen molar-refractivity contribution in [1.82, 2.24) is 0 Å². The van der Waals surface area contributed by atoms with Crippen molar-refractivity contribution in [2.24, 2.45) is 35.3 Å². The highest BCUT2D eigenvalue weighted by Crippen LogP contribution is 2.57. The van der Waals surface area contributed by atoms with Gasteiger partial charge in [-0.1, -0.05) is 0 Å². The third kappa shape index (κ3) is 1.73. The van der Waals surface area contributed by atoms with Gasteiger partial charge in [0.15, 0.2) is 0 Å². The van der Waals surface area contributed by atoms with E-state index < -0.39 is 0 Å². The quantitative estimate of drug-likeness (QED) is 0.888. The number of rotatable bonds is 3. The summed E-state index contributed by atoms with van der Waals surface area (Å²) < 4.78 is 5.47. The fourth-order valence-electron chi connectivity index (χ4n) is 5.46. The standard InChI is InChI=1S/C16H23NO/c17-15(9-14-2-1-3-18-14)16-12-5-10-4-11(7-12)8-13(16)6-10/h1-3,10-13,15-16H,4-9,17H2. The summed E-state index contributed by atoms with van der Waals surface area (Å²) >= 11 is 0. The largest absolute Gasteiger partial charge is 0.469 e. The summed E-state index contributed by atoms with van der Waals surface area (Å²) in [6.45, 7) is 0. The molecule has 0 aliphatic heterocycles. The summed E-state index contributed by atoms with van der Waals surface area (Å²) in [6, 6.07) is 4.35. The Hall–Kier alpha value is -0.760. The van der Waals surface area contributed by atoms with Crippen molar-refractivity contribution in [1.29, 1.82) is 0 Å². The van der Waals surface area contributed by atoms with Gasteiger partial charge >= 0.3 is 0 Å². The van der Waals surface area contributed by atoms with Gasteiger partial charge in [0.25, 0.3) is 0 Å². The van der Waals surface area contributed by atoms with Crippen LogP contribution in [-0.4, -0.2) is 6.04 Å². The van der Waals surface area contributed by atoms with Gasteiger partial charge < -0.3 is 10.2 Å².